The molecule has 3 rings (SSSR count). The highest BCUT2D eigenvalue weighted by atomic mass is 32.1. The molecule has 104 valence electrons. The molecule has 1 aliphatic rings. The van der Waals surface area contributed by atoms with E-state index in [9.17, 15) is 4.79 Å². The Kier molecular flexibility index (Phi) is 3.74. The standard InChI is InChI=1S/C16H17NO2S/c1-19-14-5-3-2-4-12(14)10-16(18)17-8-6-15-13(11-17)7-9-20-15/h2-5,7,9H,6,8,10-11H2,1H3. The second-order valence-corrected chi connectivity index (χ2v) is 5.92. The van der Waals surface area contributed by atoms with Gasteiger partial charge in [0.2, 0.25) is 5.91 Å². The van der Waals surface area contributed by atoms with Gasteiger partial charge in [0.1, 0.15) is 5.75 Å². The Hall–Kier alpha value is -1.81. The van der Waals surface area contributed by atoms with Gasteiger partial charge < -0.3 is 9.64 Å². The minimum atomic E-state index is 0.173. The number of amides is 1. The summed E-state index contributed by atoms with van der Waals surface area (Å²) in [7, 11) is 1.64. The van der Waals surface area contributed by atoms with Crippen LogP contribution in [0.5, 0.6) is 5.75 Å². The van der Waals surface area contributed by atoms with E-state index in [1.807, 2.05) is 29.2 Å². The van der Waals surface area contributed by atoms with E-state index in [2.05, 4.69) is 11.4 Å². The first kappa shape index (κ1) is 13.2. The van der Waals surface area contributed by atoms with Crippen LogP contribution < -0.4 is 4.74 Å². The van der Waals surface area contributed by atoms with Gasteiger partial charge in [0, 0.05) is 23.5 Å². The van der Waals surface area contributed by atoms with Gasteiger partial charge in [-0.05, 0) is 29.5 Å². The molecule has 1 aliphatic heterocycles. The zero-order valence-electron chi connectivity index (χ0n) is 11.5. The molecule has 2 heterocycles. The minimum absolute atomic E-state index is 0.173. The lowest BCUT2D eigenvalue weighted by atomic mass is 10.1. The number of ether oxygens (including phenoxy) is 1. The highest BCUT2D eigenvalue weighted by molar-refractivity contribution is 7.10. The number of carbonyl (C=O) groups excluding carboxylic acids is 1. The summed E-state index contributed by atoms with van der Waals surface area (Å²) in [6, 6.07) is 9.85. The molecule has 0 radical (unpaired) electrons. The van der Waals surface area contributed by atoms with Gasteiger partial charge in [0.25, 0.3) is 0 Å². The number of thiophene rings is 1. The maximum Gasteiger partial charge on any atom is 0.227 e. The summed E-state index contributed by atoms with van der Waals surface area (Å²) in [5.74, 6) is 0.959. The van der Waals surface area contributed by atoms with Crippen molar-refractivity contribution in [3.63, 3.8) is 0 Å². The molecule has 2 aromatic rings. The number of fused-ring (bicyclic) bond motifs is 1. The molecule has 0 spiro atoms. The van der Waals surface area contributed by atoms with E-state index in [0.717, 1.165) is 30.8 Å². The van der Waals surface area contributed by atoms with Crippen LogP contribution in [0.25, 0.3) is 0 Å². The van der Waals surface area contributed by atoms with E-state index in [1.165, 1.54) is 10.4 Å². The Bertz CT molecular complexity index is 620. The predicted molar refractivity (Wildman–Crippen MR) is 80.1 cm³/mol. The van der Waals surface area contributed by atoms with Gasteiger partial charge >= 0.3 is 0 Å². The Labute approximate surface area is 122 Å². The summed E-state index contributed by atoms with van der Waals surface area (Å²) in [6.07, 6.45) is 1.38. The van der Waals surface area contributed by atoms with E-state index in [4.69, 9.17) is 4.74 Å². The Morgan fingerprint density at radius 1 is 1.35 bits per heavy atom. The van der Waals surface area contributed by atoms with Crippen molar-refractivity contribution in [3.8, 4) is 5.75 Å². The predicted octanol–water partition coefficient (Wildman–Crippen LogP) is 2.88. The topological polar surface area (TPSA) is 29.5 Å². The monoisotopic (exact) mass is 287 g/mol. The molecule has 1 aromatic carbocycles. The van der Waals surface area contributed by atoms with Crippen molar-refractivity contribution >= 4 is 17.2 Å². The normalized spacial score (nSPS) is 13.9. The minimum Gasteiger partial charge on any atom is -0.496 e. The van der Waals surface area contributed by atoms with Gasteiger partial charge in [-0.3, -0.25) is 4.79 Å². The van der Waals surface area contributed by atoms with Crippen LogP contribution in [0.3, 0.4) is 0 Å². The van der Waals surface area contributed by atoms with Crippen molar-refractivity contribution in [3.05, 3.63) is 51.7 Å². The molecule has 0 saturated carbocycles. The second-order valence-electron chi connectivity index (χ2n) is 4.92. The number of hydrogen-bond donors (Lipinski definition) is 0. The van der Waals surface area contributed by atoms with E-state index in [0.29, 0.717) is 6.42 Å². The Morgan fingerprint density at radius 2 is 2.20 bits per heavy atom. The fourth-order valence-electron chi connectivity index (χ4n) is 2.59. The lowest BCUT2D eigenvalue weighted by Crippen LogP contribution is -2.36. The van der Waals surface area contributed by atoms with Gasteiger partial charge in [0.05, 0.1) is 13.5 Å². The number of hydrogen-bond acceptors (Lipinski definition) is 3. The fourth-order valence-corrected chi connectivity index (χ4v) is 3.47. The fraction of sp³-hybridized carbons (Fsp3) is 0.312. The van der Waals surface area contributed by atoms with Crippen LogP contribution in [-0.2, 0) is 24.2 Å². The summed E-state index contributed by atoms with van der Waals surface area (Å²) in [6.45, 7) is 1.56. The third-order valence-corrected chi connectivity index (χ3v) is 4.72. The largest absolute Gasteiger partial charge is 0.496 e. The number of methoxy groups -OCH3 is 1. The SMILES string of the molecule is COc1ccccc1CC(=O)N1CCc2sccc2C1. The molecule has 0 fully saturated rings. The number of rotatable bonds is 3. The molecule has 1 amide bonds. The van der Waals surface area contributed by atoms with Gasteiger partial charge in [0.15, 0.2) is 0 Å². The first-order valence-corrected chi connectivity index (χ1v) is 7.61. The highest BCUT2D eigenvalue weighted by Gasteiger charge is 2.22. The van der Waals surface area contributed by atoms with Crippen LogP contribution in [0, 0.1) is 0 Å². The third kappa shape index (κ3) is 2.56. The van der Waals surface area contributed by atoms with Crippen molar-refractivity contribution in [1.82, 2.24) is 4.90 Å². The van der Waals surface area contributed by atoms with Crippen LogP contribution >= 0.6 is 11.3 Å². The number of para-hydroxylation sites is 1. The van der Waals surface area contributed by atoms with Gasteiger partial charge in [-0.25, -0.2) is 0 Å². The van der Waals surface area contributed by atoms with Crippen LogP contribution in [-0.4, -0.2) is 24.5 Å². The van der Waals surface area contributed by atoms with E-state index >= 15 is 0 Å². The molecule has 0 N–H and O–H groups in total. The van der Waals surface area contributed by atoms with Crippen molar-refractivity contribution < 1.29 is 9.53 Å². The average molecular weight is 287 g/mol. The van der Waals surface area contributed by atoms with Crippen molar-refractivity contribution in [2.75, 3.05) is 13.7 Å². The molecule has 1 aromatic heterocycles. The summed E-state index contributed by atoms with van der Waals surface area (Å²) in [5.41, 5.74) is 2.26. The van der Waals surface area contributed by atoms with Crippen molar-refractivity contribution in [2.24, 2.45) is 0 Å². The van der Waals surface area contributed by atoms with Crippen LogP contribution in [0.1, 0.15) is 16.0 Å². The van der Waals surface area contributed by atoms with E-state index in [-0.39, 0.29) is 5.91 Å². The average Bonchev–Trinajstić information content (AvgIpc) is 2.95. The van der Waals surface area contributed by atoms with Gasteiger partial charge in [-0.15, -0.1) is 11.3 Å². The van der Waals surface area contributed by atoms with Crippen molar-refractivity contribution in [1.29, 1.82) is 0 Å². The maximum atomic E-state index is 12.4. The van der Waals surface area contributed by atoms with Crippen LogP contribution in [0.2, 0.25) is 0 Å². The molecular weight excluding hydrogens is 270 g/mol. The summed E-state index contributed by atoms with van der Waals surface area (Å²) in [4.78, 5) is 15.8. The Morgan fingerprint density at radius 3 is 3.05 bits per heavy atom. The van der Waals surface area contributed by atoms with Gasteiger partial charge in [-0.1, -0.05) is 18.2 Å². The van der Waals surface area contributed by atoms with E-state index < -0.39 is 0 Å². The summed E-state index contributed by atoms with van der Waals surface area (Å²) >= 11 is 1.79. The van der Waals surface area contributed by atoms with E-state index in [1.54, 1.807) is 18.4 Å². The second kappa shape index (κ2) is 5.67. The van der Waals surface area contributed by atoms with Crippen LogP contribution in [0.15, 0.2) is 35.7 Å². The lowest BCUT2D eigenvalue weighted by molar-refractivity contribution is -0.131. The molecule has 0 bridgehead atoms. The Balaban J connectivity index is 1.71. The highest BCUT2D eigenvalue weighted by Crippen LogP contribution is 2.25. The number of nitrogens with zero attached hydrogens (tertiary/aromatic N) is 1. The number of benzene rings is 1. The first-order chi connectivity index (χ1) is 9.78. The molecule has 0 unspecified atom stereocenters. The van der Waals surface area contributed by atoms with Crippen LogP contribution in [0.4, 0.5) is 0 Å². The molecule has 0 saturated heterocycles. The third-order valence-electron chi connectivity index (χ3n) is 3.69. The maximum absolute atomic E-state index is 12.4. The molecule has 4 heteroatoms. The number of carbonyl (C=O) groups is 1. The lowest BCUT2D eigenvalue weighted by Gasteiger charge is -2.27. The molecule has 20 heavy (non-hydrogen) atoms. The zero-order valence-corrected chi connectivity index (χ0v) is 12.3. The van der Waals surface area contributed by atoms with Gasteiger partial charge in [-0.2, -0.15) is 0 Å². The smallest absolute Gasteiger partial charge is 0.227 e. The first-order valence-electron chi connectivity index (χ1n) is 6.73. The quantitative estimate of drug-likeness (QED) is 0.868. The zero-order chi connectivity index (χ0) is 13.9. The van der Waals surface area contributed by atoms with Crippen molar-refractivity contribution in [2.45, 2.75) is 19.4 Å². The molecule has 0 atom stereocenters. The molecule has 0 aliphatic carbocycles. The molecular formula is C16H17NO2S. The summed E-state index contributed by atoms with van der Waals surface area (Å²) < 4.78 is 5.31. The molecule has 3 nitrogen and oxygen atoms in total. The summed E-state index contributed by atoms with van der Waals surface area (Å²) in [5, 5.41) is 2.11.